The molecule has 1 rings (SSSR count). The first-order chi connectivity index (χ1) is 7.50. The number of hydrogen-bond acceptors (Lipinski definition) is 1. The summed E-state index contributed by atoms with van der Waals surface area (Å²) in [6, 6.07) is 5.66. The summed E-state index contributed by atoms with van der Waals surface area (Å²) >= 11 is 12.2. The van der Waals surface area contributed by atoms with Crippen molar-refractivity contribution in [2.24, 2.45) is 5.41 Å². The minimum absolute atomic E-state index is 0.225. The lowest BCUT2D eigenvalue weighted by Gasteiger charge is -2.28. The Kier molecular flexibility index (Phi) is 5.10. The van der Waals surface area contributed by atoms with Crippen molar-refractivity contribution in [3.63, 3.8) is 0 Å². The van der Waals surface area contributed by atoms with Crippen LogP contribution in [0.25, 0.3) is 0 Å². The molecule has 3 heteroatoms. The molecular weight excluding hydrogens is 241 g/mol. The normalized spacial score (nSPS) is 14.8. The van der Waals surface area contributed by atoms with Crippen molar-refractivity contribution in [3.8, 4) is 0 Å². The third-order valence-electron chi connectivity index (χ3n) is 3.08. The number of nitrogens with one attached hydrogen (secondary N) is 1. The molecule has 0 heterocycles. The number of halogens is 2. The van der Waals surface area contributed by atoms with E-state index in [-0.39, 0.29) is 5.41 Å². The van der Waals surface area contributed by atoms with Gasteiger partial charge in [-0.05, 0) is 49.1 Å². The molecule has 0 saturated carbocycles. The molecule has 0 bridgehead atoms. The second kappa shape index (κ2) is 5.90. The van der Waals surface area contributed by atoms with Gasteiger partial charge in [0.1, 0.15) is 0 Å². The van der Waals surface area contributed by atoms with E-state index in [1.54, 1.807) is 0 Å². The van der Waals surface area contributed by atoms with E-state index in [1.807, 2.05) is 25.2 Å². The Bertz CT molecular complexity index is 352. The van der Waals surface area contributed by atoms with Crippen LogP contribution >= 0.6 is 23.2 Å². The van der Waals surface area contributed by atoms with Crippen LogP contribution in [0.1, 0.15) is 25.8 Å². The molecule has 0 aliphatic heterocycles. The van der Waals surface area contributed by atoms with Crippen LogP contribution in [0.2, 0.25) is 10.0 Å². The van der Waals surface area contributed by atoms with Gasteiger partial charge in [-0.3, -0.25) is 0 Å². The van der Waals surface area contributed by atoms with Gasteiger partial charge >= 0.3 is 0 Å². The molecule has 0 spiro atoms. The van der Waals surface area contributed by atoms with Crippen LogP contribution in [-0.4, -0.2) is 13.6 Å². The van der Waals surface area contributed by atoms with E-state index in [4.69, 9.17) is 23.2 Å². The van der Waals surface area contributed by atoms with Gasteiger partial charge < -0.3 is 5.32 Å². The third kappa shape index (κ3) is 3.65. The average Bonchev–Trinajstić information content (AvgIpc) is 2.24. The Morgan fingerprint density at radius 3 is 2.56 bits per heavy atom. The number of hydrogen-bond donors (Lipinski definition) is 1. The van der Waals surface area contributed by atoms with Crippen molar-refractivity contribution in [2.75, 3.05) is 13.6 Å². The molecule has 0 amide bonds. The van der Waals surface area contributed by atoms with Crippen LogP contribution in [0.5, 0.6) is 0 Å². The lowest BCUT2D eigenvalue weighted by molar-refractivity contribution is 0.299. The molecule has 0 aliphatic carbocycles. The van der Waals surface area contributed by atoms with Crippen molar-refractivity contribution < 1.29 is 0 Å². The number of rotatable bonds is 5. The largest absolute Gasteiger partial charge is 0.319 e. The van der Waals surface area contributed by atoms with E-state index in [1.165, 1.54) is 0 Å². The maximum Gasteiger partial charge on any atom is 0.0439 e. The molecule has 0 fully saturated rings. The highest BCUT2D eigenvalue weighted by Crippen LogP contribution is 2.30. The van der Waals surface area contributed by atoms with Gasteiger partial charge in [-0.15, -0.1) is 0 Å². The predicted octanol–water partition coefficient (Wildman–Crippen LogP) is 4.17. The Balaban J connectivity index is 2.89. The van der Waals surface area contributed by atoms with Crippen LogP contribution in [-0.2, 0) is 6.42 Å². The highest BCUT2D eigenvalue weighted by atomic mass is 35.5. The summed E-state index contributed by atoms with van der Waals surface area (Å²) in [6.07, 6.45) is 2.06. The van der Waals surface area contributed by atoms with E-state index in [9.17, 15) is 0 Å². The minimum atomic E-state index is 0.225. The van der Waals surface area contributed by atoms with Gasteiger partial charge in [-0.1, -0.05) is 37.0 Å². The maximum atomic E-state index is 6.18. The van der Waals surface area contributed by atoms with Gasteiger partial charge in [0.25, 0.3) is 0 Å². The van der Waals surface area contributed by atoms with Gasteiger partial charge in [0, 0.05) is 16.6 Å². The zero-order valence-electron chi connectivity index (χ0n) is 10.1. The van der Waals surface area contributed by atoms with E-state index in [0.29, 0.717) is 0 Å². The molecule has 0 aromatic heterocycles. The molecule has 16 heavy (non-hydrogen) atoms. The fourth-order valence-corrected chi connectivity index (χ4v) is 2.26. The SMILES string of the molecule is CCC(C)(CNC)Cc1cc(Cl)ccc1Cl. The molecule has 90 valence electrons. The van der Waals surface area contributed by atoms with E-state index < -0.39 is 0 Å². The van der Waals surface area contributed by atoms with Gasteiger partial charge in [-0.2, -0.15) is 0 Å². The minimum Gasteiger partial charge on any atom is -0.319 e. The first kappa shape index (κ1) is 13.8. The average molecular weight is 260 g/mol. The molecule has 1 N–H and O–H groups in total. The quantitative estimate of drug-likeness (QED) is 0.837. The van der Waals surface area contributed by atoms with Crippen molar-refractivity contribution >= 4 is 23.2 Å². The van der Waals surface area contributed by atoms with Gasteiger partial charge in [-0.25, -0.2) is 0 Å². The summed E-state index contributed by atoms with van der Waals surface area (Å²) in [4.78, 5) is 0. The fraction of sp³-hybridized carbons (Fsp3) is 0.538. The Labute approximate surface area is 108 Å². The van der Waals surface area contributed by atoms with Gasteiger partial charge in [0.05, 0.1) is 0 Å². The monoisotopic (exact) mass is 259 g/mol. The second-order valence-corrected chi connectivity index (χ2v) is 5.45. The molecule has 1 aromatic carbocycles. The highest BCUT2D eigenvalue weighted by Gasteiger charge is 2.22. The first-order valence-electron chi connectivity index (χ1n) is 5.59. The van der Waals surface area contributed by atoms with Gasteiger partial charge in [0.2, 0.25) is 0 Å². The van der Waals surface area contributed by atoms with Crippen LogP contribution in [0.15, 0.2) is 18.2 Å². The van der Waals surface area contributed by atoms with Gasteiger partial charge in [0.15, 0.2) is 0 Å². The first-order valence-corrected chi connectivity index (χ1v) is 6.35. The van der Waals surface area contributed by atoms with E-state index >= 15 is 0 Å². The zero-order chi connectivity index (χ0) is 12.2. The second-order valence-electron chi connectivity index (χ2n) is 4.61. The summed E-state index contributed by atoms with van der Waals surface area (Å²) in [6.45, 7) is 5.45. The summed E-state index contributed by atoms with van der Waals surface area (Å²) in [5.74, 6) is 0. The lowest BCUT2D eigenvalue weighted by atomic mass is 9.81. The lowest BCUT2D eigenvalue weighted by Crippen LogP contribution is -2.31. The Hall–Kier alpha value is -0.240. The van der Waals surface area contributed by atoms with Crippen molar-refractivity contribution in [1.82, 2.24) is 5.32 Å². The third-order valence-corrected chi connectivity index (χ3v) is 3.69. The Morgan fingerprint density at radius 1 is 1.31 bits per heavy atom. The molecule has 1 nitrogen and oxygen atoms in total. The van der Waals surface area contributed by atoms with Crippen molar-refractivity contribution in [2.45, 2.75) is 26.7 Å². The zero-order valence-corrected chi connectivity index (χ0v) is 11.6. The van der Waals surface area contributed by atoms with Crippen LogP contribution in [0.4, 0.5) is 0 Å². The molecule has 0 aliphatic rings. The Morgan fingerprint density at radius 2 is 2.00 bits per heavy atom. The molecule has 1 aromatic rings. The predicted molar refractivity (Wildman–Crippen MR) is 72.5 cm³/mol. The molecule has 0 radical (unpaired) electrons. The van der Waals surface area contributed by atoms with Crippen LogP contribution in [0, 0.1) is 5.41 Å². The fourth-order valence-electron chi connectivity index (χ4n) is 1.88. The molecular formula is C13H19Cl2N. The molecule has 1 unspecified atom stereocenters. The topological polar surface area (TPSA) is 12.0 Å². The summed E-state index contributed by atoms with van der Waals surface area (Å²) in [5, 5.41) is 4.80. The van der Waals surface area contributed by atoms with Crippen molar-refractivity contribution in [3.05, 3.63) is 33.8 Å². The van der Waals surface area contributed by atoms with Crippen molar-refractivity contribution in [1.29, 1.82) is 0 Å². The van der Waals surface area contributed by atoms with Crippen LogP contribution in [0.3, 0.4) is 0 Å². The molecule has 1 atom stereocenters. The van der Waals surface area contributed by atoms with E-state index in [0.717, 1.165) is 35.0 Å². The highest BCUT2D eigenvalue weighted by molar-refractivity contribution is 6.33. The summed E-state index contributed by atoms with van der Waals surface area (Å²) in [5.41, 5.74) is 1.36. The number of benzene rings is 1. The maximum absolute atomic E-state index is 6.18. The van der Waals surface area contributed by atoms with E-state index in [2.05, 4.69) is 19.2 Å². The summed E-state index contributed by atoms with van der Waals surface area (Å²) < 4.78 is 0. The standard InChI is InChI=1S/C13H19Cl2N/c1-4-13(2,9-16-3)8-10-7-11(14)5-6-12(10)15/h5-7,16H,4,8-9H2,1-3H3. The molecule has 0 saturated heterocycles. The summed E-state index contributed by atoms with van der Waals surface area (Å²) in [7, 11) is 1.98. The van der Waals surface area contributed by atoms with Crippen LogP contribution < -0.4 is 5.32 Å². The smallest absolute Gasteiger partial charge is 0.0439 e.